The van der Waals surface area contributed by atoms with Crippen molar-refractivity contribution in [2.45, 2.75) is 5.88 Å². The van der Waals surface area contributed by atoms with E-state index in [1.165, 1.54) is 12.3 Å². The molecule has 0 saturated heterocycles. The van der Waals surface area contributed by atoms with E-state index in [2.05, 4.69) is 15.1 Å². The molecule has 0 bridgehead atoms. The first-order valence-corrected chi connectivity index (χ1v) is 4.32. The topological polar surface area (TPSA) is 51.8 Å². The number of aromatic nitrogens is 3. The van der Waals surface area contributed by atoms with Crippen LogP contribution in [0.15, 0.2) is 23.0 Å². The molecule has 4 nitrogen and oxygen atoms in total. The molecule has 0 aromatic carbocycles. The first-order chi connectivity index (χ1) is 6.79. The Morgan fingerprint density at radius 1 is 1.43 bits per heavy atom. The van der Waals surface area contributed by atoms with Crippen LogP contribution < -0.4 is 0 Å². The smallest absolute Gasteiger partial charge is 0.241 e. The summed E-state index contributed by atoms with van der Waals surface area (Å²) in [6.07, 6.45) is 2.55. The molecule has 2 heterocycles. The van der Waals surface area contributed by atoms with Crippen molar-refractivity contribution in [1.29, 1.82) is 0 Å². The lowest BCUT2D eigenvalue weighted by atomic mass is 10.3. The van der Waals surface area contributed by atoms with Gasteiger partial charge in [0.05, 0.1) is 6.20 Å². The highest BCUT2D eigenvalue weighted by atomic mass is 35.5. The van der Waals surface area contributed by atoms with Gasteiger partial charge >= 0.3 is 0 Å². The maximum Gasteiger partial charge on any atom is 0.241 e. The molecule has 0 amide bonds. The largest absolute Gasteiger partial charge is 0.338 e. The van der Waals surface area contributed by atoms with Crippen LogP contribution in [0.4, 0.5) is 4.39 Å². The van der Waals surface area contributed by atoms with Gasteiger partial charge in [-0.05, 0) is 6.07 Å². The Morgan fingerprint density at radius 2 is 2.29 bits per heavy atom. The highest BCUT2D eigenvalue weighted by Gasteiger charge is 2.08. The summed E-state index contributed by atoms with van der Waals surface area (Å²) in [5.41, 5.74) is 0.463. The third kappa shape index (κ3) is 1.72. The van der Waals surface area contributed by atoms with Crippen molar-refractivity contribution < 1.29 is 8.91 Å². The van der Waals surface area contributed by atoms with Gasteiger partial charge in [0, 0.05) is 11.8 Å². The molecule has 0 radical (unpaired) electrons. The summed E-state index contributed by atoms with van der Waals surface area (Å²) in [5, 5.41) is 3.62. The maximum absolute atomic E-state index is 12.8. The van der Waals surface area contributed by atoms with Gasteiger partial charge in [0.15, 0.2) is 0 Å². The second-order valence-electron chi connectivity index (χ2n) is 2.54. The van der Waals surface area contributed by atoms with Crippen molar-refractivity contribution in [2.75, 3.05) is 0 Å². The number of pyridine rings is 1. The quantitative estimate of drug-likeness (QED) is 0.716. The van der Waals surface area contributed by atoms with E-state index < -0.39 is 5.82 Å². The minimum absolute atomic E-state index is 0.135. The van der Waals surface area contributed by atoms with E-state index in [0.29, 0.717) is 11.5 Å². The number of nitrogens with zero attached hydrogens (tertiary/aromatic N) is 3. The summed E-state index contributed by atoms with van der Waals surface area (Å²) in [5.74, 6) is 0.272. The molecule has 0 saturated carbocycles. The first-order valence-electron chi connectivity index (χ1n) is 3.79. The van der Waals surface area contributed by atoms with Gasteiger partial charge in [-0.25, -0.2) is 4.39 Å². The molecular weight excluding hydrogens is 209 g/mol. The van der Waals surface area contributed by atoms with Crippen LogP contribution in [0.1, 0.15) is 5.89 Å². The van der Waals surface area contributed by atoms with Crippen LogP contribution in [0, 0.1) is 5.82 Å². The molecule has 0 N–H and O–H groups in total. The van der Waals surface area contributed by atoms with Crippen LogP contribution in [-0.4, -0.2) is 15.1 Å². The molecule has 0 aliphatic rings. The van der Waals surface area contributed by atoms with Crippen molar-refractivity contribution >= 4 is 11.6 Å². The van der Waals surface area contributed by atoms with Gasteiger partial charge < -0.3 is 4.52 Å². The summed E-state index contributed by atoms with van der Waals surface area (Å²) in [7, 11) is 0. The fourth-order valence-corrected chi connectivity index (χ4v) is 1.07. The second kappa shape index (κ2) is 3.71. The molecule has 0 fully saturated rings. The monoisotopic (exact) mass is 213 g/mol. The second-order valence-corrected chi connectivity index (χ2v) is 2.80. The standard InChI is InChI=1S/C8H5ClFN3O/c9-2-7-12-8(13-14-7)5-1-6(10)4-11-3-5/h1,3-4H,2H2. The maximum atomic E-state index is 12.8. The van der Waals surface area contributed by atoms with E-state index in [9.17, 15) is 4.39 Å². The van der Waals surface area contributed by atoms with Gasteiger partial charge in [0.1, 0.15) is 11.7 Å². The lowest BCUT2D eigenvalue weighted by Gasteiger charge is -1.91. The Hall–Kier alpha value is -1.49. The molecule has 2 aromatic rings. The van der Waals surface area contributed by atoms with Gasteiger partial charge in [0.2, 0.25) is 11.7 Å². The lowest BCUT2D eigenvalue weighted by Crippen LogP contribution is -1.85. The third-order valence-electron chi connectivity index (χ3n) is 1.55. The number of halogens is 2. The van der Waals surface area contributed by atoms with Gasteiger partial charge in [-0.1, -0.05) is 5.16 Å². The molecular formula is C8H5ClFN3O. The molecule has 6 heteroatoms. The lowest BCUT2D eigenvalue weighted by molar-refractivity contribution is 0.391. The van der Waals surface area contributed by atoms with Gasteiger partial charge in [-0.2, -0.15) is 4.98 Å². The molecule has 72 valence electrons. The van der Waals surface area contributed by atoms with E-state index >= 15 is 0 Å². The van der Waals surface area contributed by atoms with Crippen molar-refractivity contribution in [3.8, 4) is 11.4 Å². The number of alkyl halides is 1. The van der Waals surface area contributed by atoms with Crippen molar-refractivity contribution in [3.63, 3.8) is 0 Å². The average Bonchev–Trinajstić information content (AvgIpc) is 2.66. The first kappa shape index (κ1) is 9.08. The van der Waals surface area contributed by atoms with E-state index in [1.54, 1.807) is 0 Å². The fourth-order valence-electron chi connectivity index (χ4n) is 0.961. The normalized spacial score (nSPS) is 10.4. The SMILES string of the molecule is Fc1cncc(-c2noc(CCl)n2)c1. The molecule has 0 unspecified atom stereocenters. The Labute approximate surface area is 83.7 Å². The minimum atomic E-state index is -0.445. The summed E-state index contributed by atoms with van der Waals surface area (Å²) < 4.78 is 17.5. The van der Waals surface area contributed by atoms with Crippen LogP contribution in [0.2, 0.25) is 0 Å². The molecule has 2 rings (SSSR count). The van der Waals surface area contributed by atoms with Crippen LogP contribution in [0.5, 0.6) is 0 Å². The van der Waals surface area contributed by atoms with E-state index in [0.717, 1.165) is 6.20 Å². The minimum Gasteiger partial charge on any atom is -0.338 e. The van der Waals surface area contributed by atoms with Crippen LogP contribution in [0.3, 0.4) is 0 Å². The van der Waals surface area contributed by atoms with Crippen molar-refractivity contribution in [3.05, 3.63) is 30.2 Å². The summed E-state index contributed by atoms with van der Waals surface area (Å²) in [4.78, 5) is 7.59. The Bertz CT molecular complexity index is 446. The van der Waals surface area contributed by atoms with E-state index in [4.69, 9.17) is 16.1 Å². The zero-order valence-electron chi connectivity index (χ0n) is 6.94. The van der Waals surface area contributed by atoms with E-state index in [1.807, 2.05) is 0 Å². The zero-order valence-corrected chi connectivity index (χ0v) is 7.70. The predicted octanol–water partition coefficient (Wildman–Crippen LogP) is 2.01. The molecule has 14 heavy (non-hydrogen) atoms. The van der Waals surface area contributed by atoms with Gasteiger partial charge in [0.25, 0.3) is 0 Å². The average molecular weight is 214 g/mol. The number of hydrogen-bond acceptors (Lipinski definition) is 4. The van der Waals surface area contributed by atoms with Crippen LogP contribution in [-0.2, 0) is 5.88 Å². The highest BCUT2D eigenvalue weighted by molar-refractivity contribution is 6.16. The molecule has 0 spiro atoms. The van der Waals surface area contributed by atoms with E-state index in [-0.39, 0.29) is 11.7 Å². The fraction of sp³-hybridized carbons (Fsp3) is 0.125. The molecule has 0 aliphatic carbocycles. The number of hydrogen-bond donors (Lipinski definition) is 0. The number of rotatable bonds is 2. The Kier molecular flexibility index (Phi) is 2.41. The van der Waals surface area contributed by atoms with Crippen LogP contribution >= 0.6 is 11.6 Å². The summed E-state index contributed by atoms with van der Waals surface area (Å²) >= 11 is 5.47. The molecule has 0 aliphatic heterocycles. The van der Waals surface area contributed by atoms with Gasteiger partial charge in [-0.15, -0.1) is 11.6 Å². The van der Waals surface area contributed by atoms with Crippen molar-refractivity contribution in [1.82, 2.24) is 15.1 Å². The highest BCUT2D eigenvalue weighted by Crippen LogP contribution is 2.15. The molecule has 2 aromatic heterocycles. The Balaban J connectivity index is 2.39. The predicted molar refractivity (Wildman–Crippen MR) is 47.0 cm³/mol. The Morgan fingerprint density at radius 3 is 2.93 bits per heavy atom. The molecule has 0 atom stereocenters. The van der Waals surface area contributed by atoms with Crippen molar-refractivity contribution in [2.24, 2.45) is 0 Å². The van der Waals surface area contributed by atoms with Crippen LogP contribution in [0.25, 0.3) is 11.4 Å². The zero-order chi connectivity index (χ0) is 9.97. The van der Waals surface area contributed by atoms with Gasteiger partial charge in [-0.3, -0.25) is 4.98 Å². The summed E-state index contributed by atoms with van der Waals surface area (Å²) in [6.45, 7) is 0. The summed E-state index contributed by atoms with van der Waals surface area (Å²) in [6, 6.07) is 1.27. The third-order valence-corrected chi connectivity index (χ3v) is 1.77.